The van der Waals surface area contributed by atoms with E-state index in [1.54, 1.807) is 24.1 Å². The molecular formula is C20H28N4O2. The van der Waals surface area contributed by atoms with Crippen molar-refractivity contribution in [1.29, 1.82) is 0 Å². The number of carbonyl (C=O) groups excluding carboxylic acids is 2. The first-order valence-corrected chi connectivity index (χ1v) is 9.56. The number of aromatic nitrogens is 1. The maximum Gasteiger partial charge on any atom is 0.254 e. The van der Waals surface area contributed by atoms with Crippen molar-refractivity contribution < 1.29 is 9.59 Å². The summed E-state index contributed by atoms with van der Waals surface area (Å²) in [5, 5.41) is 3.34. The minimum atomic E-state index is 0.00800. The van der Waals surface area contributed by atoms with Crippen molar-refractivity contribution >= 4 is 17.6 Å². The number of hydrogen-bond donors (Lipinski definition) is 1. The van der Waals surface area contributed by atoms with E-state index in [0.717, 1.165) is 18.8 Å². The van der Waals surface area contributed by atoms with Crippen LogP contribution in [0.1, 0.15) is 49.4 Å². The molecule has 6 heteroatoms. The molecule has 1 aromatic rings. The van der Waals surface area contributed by atoms with Gasteiger partial charge in [-0.15, -0.1) is 0 Å². The van der Waals surface area contributed by atoms with Gasteiger partial charge in [-0.1, -0.05) is 11.6 Å². The lowest BCUT2D eigenvalue weighted by Crippen LogP contribution is -2.50. The first kappa shape index (κ1) is 18.4. The third-order valence-corrected chi connectivity index (χ3v) is 5.16. The molecule has 2 heterocycles. The Morgan fingerprint density at radius 1 is 1.15 bits per heavy atom. The van der Waals surface area contributed by atoms with Gasteiger partial charge in [0.25, 0.3) is 5.91 Å². The zero-order valence-electron chi connectivity index (χ0n) is 15.5. The lowest BCUT2D eigenvalue weighted by molar-refractivity contribution is -0.130. The molecule has 1 saturated heterocycles. The maximum atomic E-state index is 12.7. The maximum absolute atomic E-state index is 12.7. The van der Waals surface area contributed by atoms with Gasteiger partial charge in [0, 0.05) is 51.4 Å². The fourth-order valence-electron chi connectivity index (χ4n) is 3.55. The number of anilines is 1. The third kappa shape index (κ3) is 4.84. The van der Waals surface area contributed by atoms with E-state index in [0.29, 0.717) is 31.7 Å². The first-order chi connectivity index (χ1) is 12.6. The highest BCUT2D eigenvalue weighted by Crippen LogP contribution is 2.20. The summed E-state index contributed by atoms with van der Waals surface area (Å²) in [6.07, 6.45) is 10.1. The van der Waals surface area contributed by atoms with Gasteiger partial charge >= 0.3 is 0 Å². The molecular weight excluding hydrogens is 328 g/mol. The van der Waals surface area contributed by atoms with Crippen LogP contribution in [0, 0.1) is 0 Å². The van der Waals surface area contributed by atoms with Crippen molar-refractivity contribution in [3.05, 3.63) is 35.5 Å². The van der Waals surface area contributed by atoms with Gasteiger partial charge in [-0.25, -0.2) is 4.98 Å². The first-order valence-electron chi connectivity index (χ1n) is 9.56. The van der Waals surface area contributed by atoms with Crippen LogP contribution in [0.2, 0.25) is 0 Å². The normalized spacial score (nSPS) is 17.7. The second kappa shape index (κ2) is 8.83. The van der Waals surface area contributed by atoms with E-state index in [2.05, 4.69) is 16.4 Å². The molecule has 140 valence electrons. The van der Waals surface area contributed by atoms with Gasteiger partial charge in [-0.2, -0.15) is 0 Å². The van der Waals surface area contributed by atoms with Crippen LogP contribution < -0.4 is 5.32 Å². The van der Waals surface area contributed by atoms with Crippen LogP contribution in [0.25, 0.3) is 0 Å². The molecule has 1 N–H and O–H groups in total. The molecule has 1 aliphatic heterocycles. The summed E-state index contributed by atoms with van der Waals surface area (Å²) in [6.45, 7) is 4.78. The zero-order chi connectivity index (χ0) is 18.4. The van der Waals surface area contributed by atoms with E-state index in [4.69, 9.17) is 0 Å². The van der Waals surface area contributed by atoms with Gasteiger partial charge in [-0.05, 0) is 44.2 Å². The summed E-state index contributed by atoms with van der Waals surface area (Å²) in [5.41, 5.74) is 2.18. The summed E-state index contributed by atoms with van der Waals surface area (Å²) >= 11 is 0. The molecule has 1 aliphatic carbocycles. The zero-order valence-corrected chi connectivity index (χ0v) is 15.5. The van der Waals surface area contributed by atoms with E-state index >= 15 is 0 Å². The number of nitrogens with zero attached hydrogens (tertiary/aromatic N) is 3. The van der Waals surface area contributed by atoms with Crippen molar-refractivity contribution in [2.45, 2.75) is 39.0 Å². The number of piperazine rings is 1. The third-order valence-electron chi connectivity index (χ3n) is 5.16. The van der Waals surface area contributed by atoms with E-state index < -0.39 is 0 Å². The topological polar surface area (TPSA) is 65.5 Å². The van der Waals surface area contributed by atoms with Crippen molar-refractivity contribution in [1.82, 2.24) is 14.8 Å². The van der Waals surface area contributed by atoms with Gasteiger partial charge in [0.05, 0.1) is 0 Å². The second-order valence-electron chi connectivity index (χ2n) is 7.01. The van der Waals surface area contributed by atoms with Crippen LogP contribution in [0.15, 0.2) is 30.0 Å². The summed E-state index contributed by atoms with van der Waals surface area (Å²) < 4.78 is 0. The SMILES string of the molecule is CC(=O)N1CCN(C(=O)c2ccnc(NCCC3=CCCCC3)c2)CC1. The van der Waals surface area contributed by atoms with E-state index in [1.807, 2.05) is 11.0 Å². The van der Waals surface area contributed by atoms with Crippen LogP contribution in [0.3, 0.4) is 0 Å². The molecule has 2 aliphatic rings. The number of rotatable bonds is 5. The van der Waals surface area contributed by atoms with Crippen molar-refractivity contribution in [2.24, 2.45) is 0 Å². The predicted octanol–water partition coefficient (Wildman–Crippen LogP) is 2.69. The Morgan fingerprint density at radius 3 is 2.62 bits per heavy atom. The van der Waals surface area contributed by atoms with Gasteiger partial charge in [0.15, 0.2) is 0 Å². The number of nitrogens with one attached hydrogen (secondary N) is 1. The number of pyridine rings is 1. The van der Waals surface area contributed by atoms with Crippen LogP contribution in [-0.4, -0.2) is 59.3 Å². The fraction of sp³-hybridized carbons (Fsp3) is 0.550. The molecule has 0 spiro atoms. The highest BCUT2D eigenvalue weighted by molar-refractivity contribution is 5.95. The summed E-state index contributed by atoms with van der Waals surface area (Å²) in [7, 11) is 0. The van der Waals surface area contributed by atoms with Crippen molar-refractivity contribution in [2.75, 3.05) is 38.0 Å². The van der Waals surface area contributed by atoms with Crippen LogP contribution >= 0.6 is 0 Å². The molecule has 2 amide bonds. The van der Waals surface area contributed by atoms with Gasteiger partial charge in [-0.3, -0.25) is 9.59 Å². The monoisotopic (exact) mass is 356 g/mol. The molecule has 0 aromatic carbocycles. The molecule has 0 radical (unpaired) electrons. The van der Waals surface area contributed by atoms with Gasteiger partial charge < -0.3 is 15.1 Å². The number of allylic oxidation sites excluding steroid dienone is 1. The van der Waals surface area contributed by atoms with Gasteiger partial charge in [0.1, 0.15) is 5.82 Å². The average Bonchev–Trinajstić information content (AvgIpc) is 2.68. The Bertz CT molecular complexity index is 678. The molecule has 1 aromatic heterocycles. The van der Waals surface area contributed by atoms with Crippen molar-refractivity contribution in [3.8, 4) is 0 Å². The predicted molar refractivity (Wildman–Crippen MR) is 102 cm³/mol. The Morgan fingerprint density at radius 2 is 1.92 bits per heavy atom. The van der Waals surface area contributed by atoms with Gasteiger partial charge in [0.2, 0.25) is 5.91 Å². The summed E-state index contributed by atoms with van der Waals surface area (Å²) in [6, 6.07) is 3.59. The van der Waals surface area contributed by atoms with E-state index in [1.165, 1.54) is 31.3 Å². The van der Waals surface area contributed by atoms with Crippen LogP contribution in [-0.2, 0) is 4.79 Å². The minimum absolute atomic E-state index is 0.00800. The van der Waals surface area contributed by atoms with Crippen LogP contribution in [0.4, 0.5) is 5.82 Å². The minimum Gasteiger partial charge on any atom is -0.370 e. The van der Waals surface area contributed by atoms with E-state index in [-0.39, 0.29) is 11.8 Å². The van der Waals surface area contributed by atoms with Crippen molar-refractivity contribution in [3.63, 3.8) is 0 Å². The summed E-state index contributed by atoms with van der Waals surface area (Å²) in [4.78, 5) is 32.0. The lowest BCUT2D eigenvalue weighted by atomic mass is 9.97. The Hall–Kier alpha value is -2.37. The standard InChI is InChI=1S/C20H28N4O2/c1-16(25)23-11-13-24(14-12-23)20(26)18-8-10-22-19(15-18)21-9-7-17-5-3-2-4-6-17/h5,8,10,15H,2-4,6-7,9,11-14H2,1H3,(H,21,22). The lowest BCUT2D eigenvalue weighted by Gasteiger charge is -2.34. The molecule has 0 unspecified atom stereocenters. The molecule has 0 bridgehead atoms. The molecule has 3 rings (SSSR count). The largest absolute Gasteiger partial charge is 0.370 e. The smallest absolute Gasteiger partial charge is 0.254 e. The number of carbonyl (C=O) groups is 2. The highest BCUT2D eigenvalue weighted by Gasteiger charge is 2.23. The summed E-state index contributed by atoms with van der Waals surface area (Å²) in [5.74, 6) is 0.823. The van der Waals surface area contributed by atoms with Crippen LogP contribution in [0.5, 0.6) is 0 Å². The second-order valence-corrected chi connectivity index (χ2v) is 7.01. The molecule has 1 fully saturated rings. The Kier molecular flexibility index (Phi) is 6.26. The Labute approximate surface area is 155 Å². The molecule has 0 saturated carbocycles. The number of amides is 2. The van der Waals surface area contributed by atoms with E-state index in [9.17, 15) is 9.59 Å². The quantitative estimate of drug-likeness (QED) is 0.824. The molecule has 6 nitrogen and oxygen atoms in total. The molecule has 0 atom stereocenters. The molecule has 26 heavy (non-hydrogen) atoms. The fourth-order valence-corrected chi connectivity index (χ4v) is 3.55. The Balaban J connectivity index is 1.52. The number of hydrogen-bond acceptors (Lipinski definition) is 4. The highest BCUT2D eigenvalue weighted by atomic mass is 16.2. The average molecular weight is 356 g/mol.